The molecule has 2 aromatic rings. The number of amides is 2. The number of carbonyl (C=O) groups is 2. The van der Waals surface area contributed by atoms with E-state index in [1.54, 1.807) is 22.2 Å². The van der Waals surface area contributed by atoms with Crippen molar-refractivity contribution in [2.45, 2.75) is 64.1 Å². The highest BCUT2D eigenvalue weighted by atomic mass is 32.2. The number of anilines is 1. The monoisotopic (exact) mass is 445 g/mol. The first kappa shape index (κ1) is 21.6. The van der Waals surface area contributed by atoms with Gasteiger partial charge in [0.2, 0.25) is 11.8 Å². The van der Waals surface area contributed by atoms with E-state index < -0.39 is 6.29 Å². The topological polar surface area (TPSA) is 123 Å². The lowest BCUT2D eigenvalue weighted by Crippen LogP contribution is -2.57. The van der Waals surface area contributed by atoms with E-state index >= 15 is 0 Å². The number of rotatable bonds is 5. The Kier molecular flexibility index (Phi) is 5.89. The van der Waals surface area contributed by atoms with Gasteiger partial charge in [-0.15, -0.1) is 0 Å². The van der Waals surface area contributed by atoms with Gasteiger partial charge in [-0.05, 0) is 27.2 Å². The predicted molar refractivity (Wildman–Crippen MR) is 117 cm³/mol. The Bertz CT molecular complexity index is 1080. The van der Waals surface area contributed by atoms with Gasteiger partial charge in [-0.2, -0.15) is 5.10 Å². The number of aromatic nitrogens is 4. The third-order valence-electron chi connectivity index (χ3n) is 5.69. The van der Waals surface area contributed by atoms with Crippen molar-refractivity contribution in [1.82, 2.24) is 30.0 Å². The van der Waals surface area contributed by atoms with Gasteiger partial charge in [0.1, 0.15) is 5.82 Å². The van der Waals surface area contributed by atoms with Crippen LogP contribution in [0.5, 0.6) is 0 Å². The summed E-state index contributed by atoms with van der Waals surface area (Å²) in [5, 5.41) is 14.3. The van der Waals surface area contributed by atoms with E-state index in [0.717, 1.165) is 6.42 Å². The Morgan fingerprint density at radius 3 is 2.77 bits per heavy atom. The molecule has 2 aromatic heterocycles. The van der Waals surface area contributed by atoms with Crippen LogP contribution >= 0.6 is 11.8 Å². The third-order valence-corrected chi connectivity index (χ3v) is 6.79. The van der Waals surface area contributed by atoms with Crippen LogP contribution in [0, 0.1) is 19.8 Å². The lowest BCUT2D eigenvalue weighted by atomic mass is 9.95. The van der Waals surface area contributed by atoms with E-state index in [1.807, 2.05) is 20.8 Å². The Morgan fingerprint density at radius 1 is 1.29 bits per heavy atom. The van der Waals surface area contributed by atoms with E-state index in [9.17, 15) is 14.4 Å². The van der Waals surface area contributed by atoms with E-state index in [2.05, 4.69) is 26.0 Å². The van der Waals surface area contributed by atoms with Crippen LogP contribution in [0.1, 0.15) is 50.4 Å². The van der Waals surface area contributed by atoms with E-state index in [1.165, 1.54) is 17.8 Å². The van der Waals surface area contributed by atoms with Gasteiger partial charge in [-0.25, -0.2) is 9.67 Å². The average Bonchev–Trinajstić information content (AvgIpc) is 3.24. The van der Waals surface area contributed by atoms with Crippen molar-refractivity contribution < 1.29 is 9.59 Å². The molecule has 4 unspecified atom stereocenters. The molecular weight excluding hydrogens is 418 g/mol. The normalized spacial score (nSPS) is 25.2. The molecule has 0 bridgehead atoms. The summed E-state index contributed by atoms with van der Waals surface area (Å²) in [6.45, 7) is 7.56. The van der Waals surface area contributed by atoms with Gasteiger partial charge in [0.15, 0.2) is 11.4 Å². The molecule has 31 heavy (non-hydrogen) atoms. The van der Waals surface area contributed by atoms with Gasteiger partial charge in [0.25, 0.3) is 5.56 Å². The zero-order chi connectivity index (χ0) is 22.3. The average molecular weight is 446 g/mol. The summed E-state index contributed by atoms with van der Waals surface area (Å²) in [4.78, 5) is 42.0. The second kappa shape index (κ2) is 8.46. The van der Waals surface area contributed by atoms with Crippen LogP contribution < -0.4 is 21.5 Å². The first-order chi connectivity index (χ1) is 14.8. The fourth-order valence-corrected chi connectivity index (χ4v) is 5.37. The largest absolute Gasteiger partial charge is 0.322 e. The second-order valence-electron chi connectivity index (χ2n) is 8.10. The SMILES string of the molecule is CCC1C(=O)NC(n2nc(C)cc2NC(=O)CC2CSc3nc(C)cc(=O)n32)NC1C. The van der Waals surface area contributed by atoms with Gasteiger partial charge in [0, 0.05) is 36.0 Å². The van der Waals surface area contributed by atoms with Gasteiger partial charge in [0.05, 0.1) is 17.7 Å². The summed E-state index contributed by atoms with van der Waals surface area (Å²) in [5.74, 6) is 0.733. The first-order valence-corrected chi connectivity index (χ1v) is 11.4. The third kappa shape index (κ3) is 4.24. The lowest BCUT2D eigenvalue weighted by molar-refractivity contribution is -0.130. The van der Waals surface area contributed by atoms with Crippen molar-refractivity contribution in [2.75, 3.05) is 11.1 Å². The number of aryl methyl sites for hydroxylation is 2. The molecule has 0 spiro atoms. The number of hydrogen-bond acceptors (Lipinski definition) is 7. The molecule has 11 heteroatoms. The molecule has 0 aliphatic carbocycles. The second-order valence-corrected chi connectivity index (χ2v) is 9.09. The number of carbonyl (C=O) groups excluding carboxylic acids is 2. The molecule has 4 heterocycles. The molecule has 1 fully saturated rings. The number of thioether (sulfide) groups is 1. The molecule has 0 saturated carbocycles. The molecule has 2 aliphatic heterocycles. The maximum Gasteiger partial charge on any atom is 0.254 e. The van der Waals surface area contributed by atoms with Crippen LogP contribution in [-0.2, 0) is 9.59 Å². The molecule has 3 N–H and O–H groups in total. The Balaban J connectivity index is 1.49. The molecule has 4 atom stereocenters. The molecule has 0 radical (unpaired) electrons. The quantitative estimate of drug-likeness (QED) is 0.593. The Labute approximate surface area is 184 Å². The minimum absolute atomic E-state index is 0.0216. The lowest BCUT2D eigenvalue weighted by Gasteiger charge is -2.35. The van der Waals surface area contributed by atoms with Crippen molar-refractivity contribution >= 4 is 29.4 Å². The minimum atomic E-state index is -0.549. The Hall–Kier alpha value is -2.66. The predicted octanol–water partition coefficient (Wildman–Crippen LogP) is 1.32. The summed E-state index contributed by atoms with van der Waals surface area (Å²) < 4.78 is 3.18. The zero-order valence-corrected chi connectivity index (χ0v) is 18.8. The zero-order valence-electron chi connectivity index (χ0n) is 18.0. The maximum absolute atomic E-state index is 12.8. The van der Waals surface area contributed by atoms with Crippen molar-refractivity contribution in [3.8, 4) is 0 Å². The fraction of sp³-hybridized carbons (Fsp3) is 0.550. The number of fused-ring (bicyclic) bond motifs is 1. The molecule has 166 valence electrons. The van der Waals surface area contributed by atoms with Crippen LogP contribution in [0.3, 0.4) is 0 Å². The van der Waals surface area contributed by atoms with Crippen molar-refractivity contribution in [1.29, 1.82) is 0 Å². The fourth-order valence-electron chi connectivity index (χ4n) is 4.17. The first-order valence-electron chi connectivity index (χ1n) is 10.4. The highest BCUT2D eigenvalue weighted by Gasteiger charge is 2.34. The summed E-state index contributed by atoms with van der Waals surface area (Å²) in [6.07, 6.45) is 0.336. The van der Waals surface area contributed by atoms with E-state index in [0.29, 0.717) is 28.1 Å². The molecule has 10 nitrogen and oxygen atoms in total. The van der Waals surface area contributed by atoms with Gasteiger partial charge in [-0.3, -0.25) is 24.3 Å². The number of nitrogens with one attached hydrogen (secondary N) is 3. The van der Waals surface area contributed by atoms with Crippen LogP contribution in [0.2, 0.25) is 0 Å². The van der Waals surface area contributed by atoms with Crippen LogP contribution in [0.4, 0.5) is 5.82 Å². The van der Waals surface area contributed by atoms with Gasteiger partial charge < -0.3 is 10.6 Å². The standard InChI is InChI=1S/C20H27N7O3S/c1-5-14-12(4)22-19(24-18(14)30)27-15(6-11(3)25-27)23-16(28)8-13-9-31-20-21-10(2)7-17(29)26(13)20/h6-7,12-14,19,22H,5,8-9H2,1-4H3,(H,23,28)(H,24,30). The summed E-state index contributed by atoms with van der Waals surface area (Å²) >= 11 is 1.48. The van der Waals surface area contributed by atoms with E-state index in [4.69, 9.17) is 0 Å². The highest BCUT2D eigenvalue weighted by molar-refractivity contribution is 7.99. The van der Waals surface area contributed by atoms with Crippen molar-refractivity contribution in [3.63, 3.8) is 0 Å². The van der Waals surface area contributed by atoms with Crippen molar-refractivity contribution in [2.24, 2.45) is 5.92 Å². The minimum Gasteiger partial charge on any atom is -0.322 e. The van der Waals surface area contributed by atoms with Crippen LogP contribution in [0.25, 0.3) is 0 Å². The molecule has 1 saturated heterocycles. The number of nitrogens with zero attached hydrogens (tertiary/aromatic N) is 4. The van der Waals surface area contributed by atoms with E-state index in [-0.39, 0.29) is 41.8 Å². The van der Waals surface area contributed by atoms with Crippen LogP contribution in [-0.4, -0.2) is 42.9 Å². The summed E-state index contributed by atoms with van der Waals surface area (Å²) in [7, 11) is 0. The molecular formula is C20H27N7O3S. The van der Waals surface area contributed by atoms with Gasteiger partial charge in [-0.1, -0.05) is 18.7 Å². The summed E-state index contributed by atoms with van der Waals surface area (Å²) in [6, 6.07) is 2.97. The van der Waals surface area contributed by atoms with Gasteiger partial charge >= 0.3 is 0 Å². The van der Waals surface area contributed by atoms with Crippen LogP contribution in [0.15, 0.2) is 22.1 Å². The highest BCUT2D eigenvalue weighted by Crippen LogP contribution is 2.32. The Morgan fingerprint density at radius 2 is 2.06 bits per heavy atom. The molecule has 4 rings (SSSR count). The molecule has 0 aromatic carbocycles. The smallest absolute Gasteiger partial charge is 0.254 e. The number of hydrogen-bond donors (Lipinski definition) is 3. The molecule has 2 amide bonds. The molecule has 2 aliphatic rings. The maximum atomic E-state index is 12.8. The van der Waals surface area contributed by atoms with Crippen molar-refractivity contribution in [3.05, 3.63) is 33.9 Å². The summed E-state index contributed by atoms with van der Waals surface area (Å²) in [5.41, 5.74) is 1.25.